The molecule has 0 fully saturated rings. The fourth-order valence-electron chi connectivity index (χ4n) is 2.19. The molecule has 0 spiro atoms. The number of hydrogen-bond donors (Lipinski definition) is 1. The van der Waals surface area contributed by atoms with E-state index in [1.165, 1.54) is 21.4 Å². The van der Waals surface area contributed by atoms with Crippen molar-refractivity contribution in [2.75, 3.05) is 5.32 Å². The lowest BCUT2D eigenvalue weighted by Gasteiger charge is -2.16. The first kappa shape index (κ1) is 16.0. The van der Waals surface area contributed by atoms with Crippen molar-refractivity contribution >= 4 is 28.6 Å². The average molecular weight is 332 g/mol. The normalized spacial score (nSPS) is 12.5. The Bertz CT molecular complexity index is 630. The third-order valence-corrected chi connectivity index (χ3v) is 4.35. The minimum atomic E-state index is -2.88. The van der Waals surface area contributed by atoms with E-state index in [1.807, 2.05) is 6.92 Å². The molecule has 1 aromatic carbocycles. The molecule has 1 N–H and O–H groups in total. The van der Waals surface area contributed by atoms with Crippen molar-refractivity contribution in [1.29, 1.82) is 0 Å². The van der Waals surface area contributed by atoms with Crippen LogP contribution in [0, 0.1) is 13.8 Å². The van der Waals surface area contributed by atoms with E-state index in [1.54, 1.807) is 23.5 Å². The van der Waals surface area contributed by atoms with Gasteiger partial charge in [-0.05, 0) is 50.6 Å². The Morgan fingerprint density at radius 3 is 2.48 bits per heavy atom. The Morgan fingerprint density at radius 2 is 1.95 bits per heavy atom. The van der Waals surface area contributed by atoms with Gasteiger partial charge < -0.3 is 10.1 Å². The quantitative estimate of drug-likeness (QED) is 0.748. The van der Waals surface area contributed by atoms with Gasteiger partial charge in [-0.25, -0.2) is 0 Å². The highest BCUT2D eigenvalue weighted by Crippen LogP contribution is 2.32. The molecule has 1 unspecified atom stereocenters. The number of alkyl halides is 2. The molecule has 21 heavy (non-hydrogen) atoms. The van der Waals surface area contributed by atoms with E-state index >= 15 is 0 Å². The Labute approximate surface area is 131 Å². The molecule has 0 radical (unpaired) electrons. The number of anilines is 1. The summed E-state index contributed by atoms with van der Waals surface area (Å²) in [4.78, 5) is 2.52. The summed E-state index contributed by atoms with van der Waals surface area (Å²) < 4.78 is 28.7. The summed E-state index contributed by atoms with van der Waals surface area (Å²) in [6.07, 6.45) is 0. The lowest BCUT2D eigenvalue weighted by atomic mass is 10.1. The SMILES string of the molecule is Cc1cc(C(C)Nc2ccc(OC(F)F)c(Cl)c2)c(C)s1. The van der Waals surface area contributed by atoms with Gasteiger partial charge in [0.05, 0.1) is 5.02 Å². The summed E-state index contributed by atoms with van der Waals surface area (Å²) in [6, 6.07) is 6.95. The summed E-state index contributed by atoms with van der Waals surface area (Å²) in [5, 5.41) is 3.47. The van der Waals surface area contributed by atoms with E-state index < -0.39 is 6.61 Å². The molecule has 114 valence electrons. The highest BCUT2D eigenvalue weighted by atomic mass is 35.5. The van der Waals surface area contributed by atoms with Crippen LogP contribution in [-0.2, 0) is 0 Å². The monoisotopic (exact) mass is 331 g/mol. The van der Waals surface area contributed by atoms with E-state index in [0.29, 0.717) is 0 Å². The van der Waals surface area contributed by atoms with Gasteiger partial charge in [-0.3, -0.25) is 0 Å². The standard InChI is InChI=1S/C15H16ClF2NOS/c1-8-6-12(10(3)21-8)9(2)19-11-4-5-14(13(16)7-11)20-15(17)18/h4-7,9,15,19H,1-3H3. The molecule has 1 aromatic heterocycles. The molecule has 0 saturated heterocycles. The highest BCUT2D eigenvalue weighted by Gasteiger charge is 2.13. The lowest BCUT2D eigenvalue weighted by molar-refractivity contribution is -0.0497. The summed E-state index contributed by atoms with van der Waals surface area (Å²) in [6.45, 7) is 3.32. The second-order valence-electron chi connectivity index (χ2n) is 4.76. The van der Waals surface area contributed by atoms with Crippen LogP contribution in [0.3, 0.4) is 0 Å². The predicted molar refractivity (Wildman–Crippen MR) is 83.9 cm³/mol. The molecule has 1 heterocycles. The summed E-state index contributed by atoms with van der Waals surface area (Å²) in [7, 11) is 0. The van der Waals surface area contributed by atoms with Crippen molar-refractivity contribution in [3.63, 3.8) is 0 Å². The Balaban J connectivity index is 2.13. The van der Waals surface area contributed by atoms with Gasteiger partial charge in [-0.2, -0.15) is 8.78 Å². The van der Waals surface area contributed by atoms with Crippen molar-refractivity contribution in [3.8, 4) is 5.75 Å². The number of halogens is 3. The molecule has 0 aliphatic rings. The second-order valence-corrected chi connectivity index (χ2v) is 6.63. The maximum atomic E-state index is 12.2. The largest absolute Gasteiger partial charge is 0.433 e. The molecule has 0 aliphatic carbocycles. The van der Waals surface area contributed by atoms with Gasteiger partial charge >= 0.3 is 6.61 Å². The van der Waals surface area contributed by atoms with Crippen LogP contribution in [0.15, 0.2) is 24.3 Å². The molecule has 2 nitrogen and oxygen atoms in total. The summed E-state index contributed by atoms with van der Waals surface area (Å²) in [5.41, 5.74) is 1.99. The summed E-state index contributed by atoms with van der Waals surface area (Å²) >= 11 is 7.69. The first-order chi connectivity index (χ1) is 9.86. The molecule has 0 bridgehead atoms. The number of aryl methyl sites for hydroxylation is 2. The van der Waals surface area contributed by atoms with E-state index in [9.17, 15) is 8.78 Å². The Morgan fingerprint density at radius 1 is 1.24 bits per heavy atom. The minimum Gasteiger partial charge on any atom is -0.433 e. The maximum Gasteiger partial charge on any atom is 0.387 e. The number of benzene rings is 1. The fourth-order valence-corrected chi connectivity index (χ4v) is 3.44. The Kier molecular flexibility index (Phi) is 5.06. The van der Waals surface area contributed by atoms with E-state index in [0.717, 1.165) is 5.69 Å². The van der Waals surface area contributed by atoms with Crippen LogP contribution in [0.4, 0.5) is 14.5 Å². The predicted octanol–water partition coefficient (Wildman–Crippen LogP) is 5.79. The van der Waals surface area contributed by atoms with Gasteiger partial charge in [-0.15, -0.1) is 11.3 Å². The van der Waals surface area contributed by atoms with Gasteiger partial charge in [0.2, 0.25) is 0 Å². The van der Waals surface area contributed by atoms with Crippen LogP contribution < -0.4 is 10.1 Å². The topological polar surface area (TPSA) is 21.3 Å². The Hall–Kier alpha value is -1.33. The van der Waals surface area contributed by atoms with Crippen LogP contribution in [0.5, 0.6) is 5.75 Å². The van der Waals surface area contributed by atoms with Gasteiger partial charge in [0.15, 0.2) is 0 Å². The first-order valence-electron chi connectivity index (χ1n) is 6.44. The molecule has 2 rings (SSSR count). The number of thiophene rings is 1. The van der Waals surface area contributed by atoms with Crippen LogP contribution in [0.1, 0.15) is 28.3 Å². The first-order valence-corrected chi connectivity index (χ1v) is 7.64. The van der Waals surface area contributed by atoms with Gasteiger partial charge in [-0.1, -0.05) is 11.6 Å². The molecular weight excluding hydrogens is 316 g/mol. The van der Waals surface area contributed by atoms with E-state index in [-0.39, 0.29) is 16.8 Å². The molecule has 0 amide bonds. The smallest absolute Gasteiger partial charge is 0.387 e. The minimum absolute atomic E-state index is 0.0209. The molecular formula is C15H16ClF2NOS. The molecule has 2 aromatic rings. The molecule has 1 atom stereocenters. The molecule has 6 heteroatoms. The van der Waals surface area contributed by atoms with Crippen LogP contribution in [0.25, 0.3) is 0 Å². The van der Waals surface area contributed by atoms with Crippen LogP contribution >= 0.6 is 22.9 Å². The highest BCUT2D eigenvalue weighted by molar-refractivity contribution is 7.12. The zero-order valence-electron chi connectivity index (χ0n) is 11.9. The molecule has 0 saturated carbocycles. The number of ether oxygens (including phenoxy) is 1. The van der Waals surface area contributed by atoms with Gasteiger partial charge in [0, 0.05) is 21.5 Å². The number of rotatable bonds is 5. The van der Waals surface area contributed by atoms with Gasteiger partial charge in [0.25, 0.3) is 0 Å². The van der Waals surface area contributed by atoms with Crippen molar-refractivity contribution in [1.82, 2.24) is 0 Å². The fraction of sp³-hybridized carbons (Fsp3) is 0.333. The lowest BCUT2D eigenvalue weighted by Crippen LogP contribution is -2.07. The zero-order chi connectivity index (χ0) is 15.6. The maximum absolute atomic E-state index is 12.2. The van der Waals surface area contributed by atoms with E-state index in [2.05, 4.69) is 30.0 Å². The van der Waals surface area contributed by atoms with Gasteiger partial charge in [0.1, 0.15) is 5.75 Å². The third-order valence-electron chi connectivity index (χ3n) is 3.08. The third kappa shape index (κ3) is 4.08. The number of hydrogen-bond acceptors (Lipinski definition) is 3. The van der Waals surface area contributed by atoms with Crippen molar-refractivity contribution in [2.45, 2.75) is 33.4 Å². The average Bonchev–Trinajstić information content (AvgIpc) is 2.71. The van der Waals surface area contributed by atoms with Crippen LogP contribution in [0.2, 0.25) is 5.02 Å². The van der Waals surface area contributed by atoms with E-state index in [4.69, 9.17) is 11.6 Å². The van der Waals surface area contributed by atoms with Crippen molar-refractivity contribution in [2.24, 2.45) is 0 Å². The summed E-state index contributed by atoms with van der Waals surface area (Å²) in [5.74, 6) is -0.0209. The number of nitrogens with one attached hydrogen (secondary N) is 1. The molecule has 0 aliphatic heterocycles. The van der Waals surface area contributed by atoms with Crippen molar-refractivity contribution in [3.05, 3.63) is 44.6 Å². The van der Waals surface area contributed by atoms with Crippen LogP contribution in [-0.4, -0.2) is 6.61 Å². The van der Waals surface area contributed by atoms with Crippen molar-refractivity contribution < 1.29 is 13.5 Å². The zero-order valence-corrected chi connectivity index (χ0v) is 13.5. The second kappa shape index (κ2) is 6.62.